The van der Waals surface area contributed by atoms with Crippen LogP contribution in [0.1, 0.15) is 34.4 Å². The van der Waals surface area contributed by atoms with Crippen LogP contribution in [-0.2, 0) is 13.6 Å². The summed E-state index contributed by atoms with van der Waals surface area (Å²) in [5.74, 6) is 1.04. The number of rotatable bonds is 4. The Morgan fingerprint density at radius 1 is 1.47 bits per heavy atom. The largest absolute Gasteiger partial charge is 0.337 e. The molecule has 0 radical (unpaired) electrons. The number of imidazole rings is 1. The maximum atomic E-state index is 4.56. The van der Waals surface area contributed by atoms with E-state index in [0.29, 0.717) is 0 Å². The molecule has 17 heavy (non-hydrogen) atoms. The summed E-state index contributed by atoms with van der Waals surface area (Å²) in [5, 5.41) is 4.59. The van der Waals surface area contributed by atoms with Crippen molar-refractivity contribution in [1.82, 2.24) is 19.9 Å². The number of hydrogen-bond acceptors (Lipinski definition) is 4. The number of nitrogens with zero attached hydrogens (tertiary/aromatic N) is 3. The first kappa shape index (κ1) is 12.3. The summed E-state index contributed by atoms with van der Waals surface area (Å²) in [6.45, 7) is 7.08. The minimum Gasteiger partial charge on any atom is -0.337 e. The summed E-state index contributed by atoms with van der Waals surface area (Å²) in [4.78, 5) is 10.1. The molecule has 0 bridgehead atoms. The summed E-state index contributed by atoms with van der Waals surface area (Å²) < 4.78 is 2.03. The lowest BCUT2D eigenvalue weighted by molar-refractivity contribution is 0.538. The first-order valence-electron chi connectivity index (χ1n) is 5.71. The van der Waals surface area contributed by atoms with E-state index in [9.17, 15) is 0 Å². The molecule has 0 aromatic carbocycles. The van der Waals surface area contributed by atoms with Gasteiger partial charge >= 0.3 is 0 Å². The Morgan fingerprint density at radius 2 is 2.24 bits per heavy atom. The molecule has 1 unspecified atom stereocenters. The van der Waals surface area contributed by atoms with Gasteiger partial charge in [-0.25, -0.2) is 9.97 Å². The Balaban J connectivity index is 2.00. The van der Waals surface area contributed by atoms with E-state index in [2.05, 4.69) is 29.1 Å². The van der Waals surface area contributed by atoms with Crippen molar-refractivity contribution in [2.75, 3.05) is 0 Å². The predicted molar refractivity (Wildman–Crippen MR) is 70.1 cm³/mol. The van der Waals surface area contributed by atoms with Crippen molar-refractivity contribution in [3.05, 3.63) is 33.8 Å². The Kier molecular flexibility index (Phi) is 3.59. The first-order valence-corrected chi connectivity index (χ1v) is 6.53. The van der Waals surface area contributed by atoms with Crippen LogP contribution >= 0.6 is 11.3 Å². The van der Waals surface area contributed by atoms with Gasteiger partial charge in [-0.3, -0.25) is 0 Å². The van der Waals surface area contributed by atoms with Crippen LogP contribution in [-0.4, -0.2) is 14.5 Å². The zero-order chi connectivity index (χ0) is 12.4. The molecule has 0 aliphatic rings. The third-order valence-electron chi connectivity index (χ3n) is 2.84. The Hall–Kier alpha value is -1.20. The smallest absolute Gasteiger partial charge is 0.122 e. The predicted octanol–water partition coefficient (Wildman–Crippen LogP) is 2.34. The summed E-state index contributed by atoms with van der Waals surface area (Å²) >= 11 is 1.75. The van der Waals surface area contributed by atoms with Crippen LogP contribution in [0.3, 0.4) is 0 Å². The number of nitrogens with one attached hydrogen (secondary N) is 1. The minimum atomic E-state index is 0.261. The lowest BCUT2D eigenvalue weighted by Gasteiger charge is -2.12. The Labute approximate surface area is 106 Å². The SMILES string of the molecule is Cc1nc(C(C)NCc2nccn2C)c(C)s1. The number of aromatic nitrogens is 3. The summed E-state index contributed by atoms with van der Waals surface area (Å²) in [6, 6.07) is 0.261. The molecule has 0 amide bonds. The van der Waals surface area contributed by atoms with Crippen molar-refractivity contribution < 1.29 is 0 Å². The molecule has 2 aromatic heterocycles. The topological polar surface area (TPSA) is 42.7 Å². The third-order valence-corrected chi connectivity index (χ3v) is 3.74. The number of thiazole rings is 1. The van der Waals surface area contributed by atoms with Crippen LogP contribution in [0, 0.1) is 13.8 Å². The van der Waals surface area contributed by atoms with Gasteiger partial charge in [-0.2, -0.15) is 0 Å². The van der Waals surface area contributed by atoms with E-state index in [1.807, 2.05) is 30.9 Å². The van der Waals surface area contributed by atoms with Gasteiger partial charge in [-0.1, -0.05) is 0 Å². The molecular formula is C12H18N4S. The zero-order valence-corrected chi connectivity index (χ0v) is 11.5. The zero-order valence-electron chi connectivity index (χ0n) is 10.7. The van der Waals surface area contributed by atoms with Crippen molar-refractivity contribution in [3.8, 4) is 0 Å². The Bertz CT molecular complexity index is 500. The highest BCUT2D eigenvalue weighted by molar-refractivity contribution is 7.11. The highest BCUT2D eigenvalue weighted by atomic mass is 32.1. The maximum absolute atomic E-state index is 4.56. The summed E-state index contributed by atoms with van der Waals surface area (Å²) in [6.07, 6.45) is 3.78. The van der Waals surface area contributed by atoms with Gasteiger partial charge in [0.05, 0.1) is 17.2 Å². The average Bonchev–Trinajstić information content (AvgIpc) is 2.81. The number of hydrogen-bond donors (Lipinski definition) is 1. The van der Waals surface area contributed by atoms with Crippen LogP contribution in [0.4, 0.5) is 0 Å². The monoisotopic (exact) mass is 250 g/mol. The van der Waals surface area contributed by atoms with Gasteiger partial charge in [0, 0.05) is 30.4 Å². The number of aryl methyl sites for hydroxylation is 3. The van der Waals surface area contributed by atoms with E-state index in [-0.39, 0.29) is 6.04 Å². The molecule has 0 fully saturated rings. The van der Waals surface area contributed by atoms with Gasteiger partial charge in [0.1, 0.15) is 5.82 Å². The quantitative estimate of drug-likeness (QED) is 0.905. The van der Waals surface area contributed by atoms with Crippen molar-refractivity contribution in [1.29, 1.82) is 0 Å². The average molecular weight is 250 g/mol. The fraction of sp³-hybridized carbons (Fsp3) is 0.500. The van der Waals surface area contributed by atoms with Gasteiger partial charge in [0.2, 0.25) is 0 Å². The van der Waals surface area contributed by atoms with Crippen LogP contribution in [0.5, 0.6) is 0 Å². The fourth-order valence-corrected chi connectivity index (χ4v) is 2.77. The Morgan fingerprint density at radius 3 is 2.76 bits per heavy atom. The molecule has 0 saturated carbocycles. The second kappa shape index (κ2) is 4.98. The molecule has 0 spiro atoms. The second-order valence-corrected chi connectivity index (χ2v) is 5.64. The van der Waals surface area contributed by atoms with E-state index in [0.717, 1.165) is 23.1 Å². The summed E-state index contributed by atoms with van der Waals surface area (Å²) in [5.41, 5.74) is 1.15. The lowest BCUT2D eigenvalue weighted by atomic mass is 10.2. The molecule has 0 aliphatic carbocycles. The van der Waals surface area contributed by atoms with Gasteiger partial charge < -0.3 is 9.88 Å². The summed E-state index contributed by atoms with van der Waals surface area (Å²) in [7, 11) is 2.01. The molecule has 1 atom stereocenters. The first-order chi connectivity index (χ1) is 8.08. The van der Waals surface area contributed by atoms with Gasteiger partial charge in [-0.05, 0) is 20.8 Å². The third kappa shape index (κ3) is 2.73. The van der Waals surface area contributed by atoms with Gasteiger partial charge in [0.25, 0.3) is 0 Å². The molecule has 1 N–H and O–H groups in total. The molecule has 2 heterocycles. The minimum absolute atomic E-state index is 0.261. The van der Waals surface area contributed by atoms with Crippen LogP contribution < -0.4 is 5.32 Å². The fourth-order valence-electron chi connectivity index (χ4n) is 1.85. The molecule has 5 heteroatoms. The molecule has 0 saturated heterocycles. The molecule has 92 valence electrons. The molecular weight excluding hydrogens is 232 g/mol. The highest BCUT2D eigenvalue weighted by Gasteiger charge is 2.13. The standard InChI is InChI=1S/C12H18N4S/c1-8(12-9(2)17-10(3)15-12)14-7-11-13-5-6-16(11)4/h5-6,8,14H,7H2,1-4H3. The normalized spacial score (nSPS) is 12.9. The van der Waals surface area contributed by atoms with E-state index >= 15 is 0 Å². The van der Waals surface area contributed by atoms with Gasteiger partial charge in [0.15, 0.2) is 0 Å². The highest BCUT2D eigenvalue weighted by Crippen LogP contribution is 2.22. The van der Waals surface area contributed by atoms with Crippen molar-refractivity contribution >= 4 is 11.3 Å². The molecule has 2 rings (SSSR count). The molecule has 4 nitrogen and oxygen atoms in total. The van der Waals surface area contributed by atoms with Crippen molar-refractivity contribution in [3.63, 3.8) is 0 Å². The van der Waals surface area contributed by atoms with Gasteiger partial charge in [-0.15, -0.1) is 11.3 Å². The van der Waals surface area contributed by atoms with E-state index in [4.69, 9.17) is 0 Å². The van der Waals surface area contributed by atoms with Crippen LogP contribution in [0.15, 0.2) is 12.4 Å². The van der Waals surface area contributed by atoms with E-state index in [1.54, 1.807) is 11.3 Å². The lowest BCUT2D eigenvalue weighted by Crippen LogP contribution is -2.21. The van der Waals surface area contributed by atoms with Crippen molar-refractivity contribution in [2.45, 2.75) is 33.4 Å². The molecule has 2 aromatic rings. The maximum Gasteiger partial charge on any atom is 0.122 e. The molecule has 0 aliphatic heterocycles. The van der Waals surface area contributed by atoms with E-state index < -0.39 is 0 Å². The van der Waals surface area contributed by atoms with Crippen LogP contribution in [0.2, 0.25) is 0 Å². The van der Waals surface area contributed by atoms with Crippen molar-refractivity contribution in [2.24, 2.45) is 7.05 Å². The van der Waals surface area contributed by atoms with Crippen LogP contribution in [0.25, 0.3) is 0 Å². The second-order valence-electron chi connectivity index (χ2n) is 4.23. The van der Waals surface area contributed by atoms with E-state index in [1.165, 1.54) is 4.88 Å².